The van der Waals surface area contributed by atoms with Crippen molar-refractivity contribution < 1.29 is 5.11 Å². The number of nitrogens with two attached hydrogens (primary N) is 1. The molecule has 3 N–H and O–H groups in total. The van der Waals surface area contributed by atoms with E-state index >= 15 is 0 Å². The van der Waals surface area contributed by atoms with Gasteiger partial charge in [0.05, 0.1) is 0 Å². The molecule has 0 aliphatic carbocycles. The molecular weight excluding hydrogens is 126 g/mol. The second-order valence-electron chi connectivity index (χ2n) is 2.54. The van der Waals surface area contributed by atoms with Gasteiger partial charge in [-0.15, -0.1) is 6.58 Å². The molecule has 2 atom stereocenters. The van der Waals surface area contributed by atoms with E-state index in [0.717, 1.165) is 12.8 Å². The second-order valence-corrected chi connectivity index (χ2v) is 2.54. The van der Waals surface area contributed by atoms with Gasteiger partial charge in [0.15, 0.2) is 0 Å². The monoisotopic (exact) mass is 143 g/mol. The van der Waals surface area contributed by atoms with E-state index in [1.165, 1.54) is 0 Å². The summed E-state index contributed by atoms with van der Waals surface area (Å²) >= 11 is 0. The van der Waals surface area contributed by atoms with Crippen molar-refractivity contribution in [3.63, 3.8) is 0 Å². The van der Waals surface area contributed by atoms with E-state index in [4.69, 9.17) is 10.8 Å². The van der Waals surface area contributed by atoms with Gasteiger partial charge in [0.1, 0.15) is 0 Å². The molecule has 0 amide bonds. The molecule has 60 valence electrons. The molecule has 0 spiro atoms. The molecule has 0 bridgehead atoms. The number of aliphatic hydroxyl groups excluding tert-OH is 1. The van der Waals surface area contributed by atoms with E-state index in [2.05, 4.69) is 13.5 Å². The molecule has 2 heteroatoms. The molecule has 0 aliphatic rings. The third-order valence-electron chi connectivity index (χ3n) is 1.71. The molecule has 0 saturated carbocycles. The quantitative estimate of drug-likeness (QED) is 0.562. The fourth-order valence-electron chi connectivity index (χ4n) is 0.969. The average Bonchev–Trinajstić information content (AvgIpc) is 1.99. The Balaban J connectivity index is 3.67. The molecule has 0 fully saturated rings. The van der Waals surface area contributed by atoms with Crippen molar-refractivity contribution in [1.29, 1.82) is 0 Å². The predicted octanol–water partition coefficient (Wildman–Crippen LogP) is 0.908. The third kappa shape index (κ3) is 2.99. The molecule has 0 heterocycles. The highest BCUT2D eigenvalue weighted by Crippen LogP contribution is 2.09. The van der Waals surface area contributed by atoms with E-state index in [0.29, 0.717) is 0 Å². The van der Waals surface area contributed by atoms with E-state index in [-0.39, 0.29) is 18.6 Å². The first-order valence-electron chi connectivity index (χ1n) is 3.75. The molecule has 2 unspecified atom stereocenters. The van der Waals surface area contributed by atoms with Crippen LogP contribution in [0.25, 0.3) is 0 Å². The minimum absolute atomic E-state index is 0.0510. The Bertz CT molecular complexity index is 93.3. The summed E-state index contributed by atoms with van der Waals surface area (Å²) in [7, 11) is 0. The van der Waals surface area contributed by atoms with Gasteiger partial charge in [0.25, 0.3) is 0 Å². The van der Waals surface area contributed by atoms with Gasteiger partial charge in [-0.25, -0.2) is 0 Å². The lowest BCUT2D eigenvalue weighted by atomic mass is 9.97. The van der Waals surface area contributed by atoms with Crippen molar-refractivity contribution in [3.05, 3.63) is 12.7 Å². The fraction of sp³-hybridized carbons (Fsp3) is 0.750. The predicted molar refractivity (Wildman–Crippen MR) is 43.7 cm³/mol. The van der Waals surface area contributed by atoms with Crippen LogP contribution in [0.1, 0.15) is 19.8 Å². The van der Waals surface area contributed by atoms with Crippen LogP contribution in [0.15, 0.2) is 12.7 Å². The molecule has 10 heavy (non-hydrogen) atoms. The Morgan fingerprint density at radius 2 is 2.30 bits per heavy atom. The SMILES string of the molecule is C=CC(N)C(CO)CCC. The van der Waals surface area contributed by atoms with Crippen molar-refractivity contribution in [2.75, 3.05) is 6.61 Å². The number of rotatable bonds is 5. The summed E-state index contributed by atoms with van der Waals surface area (Å²) in [4.78, 5) is 0. The lowest BCUT2D eigenvalue weighted by Crippen LogP contribution is -2.30. The summed E-state index contributed by atoms with van der Waals surface area (Å²) in [6.45, 7) is 5.83. The zero-order valence-electron chi connectivity index (χ0n) is 6.59. The number of hydrogen-bond donors (Lipinski definition) is 2. The standard InChI is InChI=1S/C8H17NO/c1-3-5-7(6-10)8(9)4-2/h4,7-8,10H,2-3,5-6,9H2,1H3. The molecule has 0 saturated heterocycles. The Kier molecular flexibility index (Phi) is 5.26. The Morgan fingerprint density at radius 1 is 1.70 bits per heavy atom. The van der Waals surface area contributed by atoms with E-state index < -0.39 is 0 Å². The summed E-state index contributed by atoms with van der Waals surface area (Å²) in [5, 5.41) is 8.83. The van der Waals surface area contributed by atoms with Crippen molar-refractivity contribution in [3.8, 4) is 0 Å². The van der Waals surface area contributed by atoms with Gasteiger partial charge in [-0.3, -0.25) is 0 Å². The lowest BCUT2D eigenvalue weighted by molar-refractivity contribution is 0.207. The highest BCUT2D eigenvalue weighted by molar-refractivity contribution is 4.87. The van der Waals surface area contributed by atoms with Gasteiger partial charge in [0.2, 0.25) is 0 Å². The van der Waals surface area contributed by atoms with Crippen LogP contribution in [0.5, 0.6) is 0 Å². The van der Waals surface area contributed by atoms with E-state index in [1.54, 1.807) is 6.08 Å². The zero-order valence-corrected chi connectivity index (χ0v) is 6.59. The first-order chi connectivity index (χ1) is 4.76. The van der Waals surface area contributed by atoms with Crippen molar-refractivity contribution >= 4 is 0 Å². The van der Waals surface area contributed by atoms with Crippen LogP contribution in [0.2, 0.25) is 0 Å². The minimum Gasteiger partial charge on any atom is -0.396 e. The normalized spacial score (nSPS) is 16.3. The highest BCUT2D eigenvalue weighted by atomic mass is 16.3. The molecule has 0 radical (unpaired) electrons. The zero-order chi connectivity index (χ0) is 7.98. The molecular formula is C8H17NO. The van der Waals surface area contributed by atoms with Crippen molar-refractivity contribution in [2.24, 2.45) is 11.7 Å². The van der Waals surface area contributed by atoms with Crippen LogP contribution < -0.4 is 5.73 Å². The van der Waals surface area contributed by atoms with Crippen LogP contribution in [0.4, 0.5) is 0 Å². The van der Waals surface area contributed by atoms with Crippen molar-refractivity contribution in [1.82, 2.24) is 0 Å². The van der Waals surface area contributed by atoms with E-state index in [9.17, 15) is 0 Å². The highest BCUT2D eigenvalue weighted by Gasteiger charge is 2.11. The van der Waals surface area contributed by atoms with Gasteiger partial charge < -0.3 is 10.8 Å². The van der Waals surface area contributed by atoms with Crippen LogP contribution >= 0.6 is 0 Å². The smallest absolute Gasteiger partial charge is 0.0477 e. The minimum atomic E-state index is -0.0510. The Hall–Kier alpha value is -0.340. The summed E-state index contributed by atoms with van der Waals surface area (Å²) < 4.78 is 0. The van der Waals surface area contributed by atoms with Crippen LogP contribution in [-0.2, 0) is 0 Å². The van der Waals surface area contributed by atoms with Gasteiger partial charge in [-0.2, -0.15) is 0 Å². The second kappa shape index (κ2) is 5.45. The van der Waals surface area contributed by atoms with Crippen LogP contribution in [-0.4, -0.2) is 17.8 Å². The van der Waals surface area contributed by atoms with Gasteiger partial charge >= 0.3 is 0 Å². The summed E-state index contributed by atoms with van der Waals surface area (Å²) in [5.41, 5.74) is 5.64. The molecule has 0 aromatic rings. The maximum absolute atomic E-state index is 8.83. The Labute approximate surface area is 62.7 Å². The van der Waals surface area contributed by atoms with Crippen molar-refractivity contribution in [2.45, 2.75) is 25.8 Å². The Morgan fingerprint density at radius 3 is 2.60 bits per heavy atom. The van der Waals surface area contributed by atoms with Gasteiger partial charge in [-0.05, 0) is 6.42 Å². The summed E-state index contributed by atoms with van der Waals surface area (Å²) in [6, 6.07) is -0.0510. The molecule has 0 aliphatic heterocycles. The van der Waals surface area contributed by atoms with Crippen LogP contribution in [0, 0.1) is 5.92 Å². The lowest BCUT2D eigenvalue weighted by Gasteiger charge is -2.17. The first-order valence-corrected chi connectivity index (χ1v) is 3.75. The third-order valence-corrected chi connectivity index (χ3v) is 1.71. The number of aliphatic hydroxyl groups is 1. The fourth-order valence-corrected chi connectivity index (χ4v) is 0.969. The maximum Gasteiger partial charge on any atom is 0.0477 e. The summed E-state index contributed by atoms with van der Waals surface area (Å²) in [6.07, 6.45) is 3.73. The van der Waals surface area contributed by atoms with Gasteiger partial charge in [0, 0.05) is 18.6 Å². The molecule has 0 aromatic heterocycles. The van der Waals surface area contributed by atoms with Crippen LogP contribution in [0.3, 0.4) is 0 Å². The average molecular weight is 143 g/mol. The summed E-state index contributed by atoms with van der Waals surface area (Å²) in [5.74, 6) is 0.197. The molecule has 2 nitrogen and oxygen atoms in total. The number of hydrogen-bond acceptors (Lipinski definition) is 2. The molecule has 0 aromatic carbocycles. The maximum atomic E-state index is 8.83. The van der Waals surface area contributed by atoms with Gasteiger partial charge in [-0.1, -0.05) is 19.4 Å². The van der Waals surface area contributed by atoms with E-state index in [1.807, 2.05) is 0 Å². The molecule has 0 rings (SSSR count). The largest absolute Gasteiger partial charge is 0.396 e. The first kappa shape index (κ1) is 9.66. The topological polar surface area (TPSA) is 46.2 Å².